The van der Waals surface area contributed by atoms with Crippen LogP contribution in [0, 0.1) is 0 Å². The molecule has 0 unspecified atom stereocenters. The highest BCUT2D eigenvalue weighted by atomic mass is 19.4. The Labute approximate surface area is 89.6 Å². The zero-order chi connectivity index (χ0) is 11.6. The van der Waals surface area contributed by atoms with Crippen molar-refractivity contribution in [3.8, 4) is 0 Å². The molecule has 0 atom stereocenters. The molecule has 1 N–H and O–H groups in total. The van der Waals surface area contributed by atoms with E-state index < -0.39 is 12.6 Å². The van der Waals surface area contributed by atoms with E-state index in [1.165, 1.54) is 0 Å². The van der Waals surface area contributed by atoms with Crippen molar-refractivity contribution in [3.63, 3.8) is 0 Å². The topological polar surface area (TPSA) is 54.2 Å². The lowest BCUT2D eigenvalue weighted by atomic mass is 10.4. The number of hydrogen-bond donors (Lipinski definition) is 1. The standard InChI is InChI=1S/C8H11F3N4O/c9-8(10,11)5-6-13-7(16-14-6)15-3-1-12-2-4-15/h12H,1-5H2. The highest BCUT2D eigenvalue weighted by Crippen LogP contribution is 2.21. The molecule has 0 aliphatic carbocycles. The molecule has 16 heavy (non-hydrogen) atoms. The lowest BCUT2D eigenvalue weighted by Crippen LogP contribution is -2.43. The number of anilines is 1. The first-order valence-corrected chi connectivity index (χ1v) is 4.89. The first-order chi connectivity index (χ1) is 7.54. The monoisotopic (exact) mass is 236 g/mol. The van der Waals surface area contributed by atoms with Crippen LogP contribution in [-0.4, -0.2) is 42.5 Å². The van der Waals surface area contributed by atoms with E-state index in [9.17, 15) is 13.2 Å². The van der Waals surface area contributed by atoms with Crippen molar-refractivity contribution in [1.29, 1.82) is 0 Å². The number of nitrogens with zero attached hydrogens (tertiary/aromatic N) is 3. The van der Waals surface area contributed by atoms with Gasteiger partial charge >= 0.3 is 12.2 Å². The van der Waals surface area contributed by atoms with Crippen molar-refractivity contribution in [3.05, 3.63) is 5.82 Å². The van der Waals surface area contributed by atoms with Gasteiger partial charge in [0.25, 0.3) is 0 Å². The van der Waals surface area contributed by atoms with Gasteiger partial charge in [0.05, 0.1) is 0 Å². The summed E-state index contributed by atoms with van der Waals surface area (Å²) in [4.78, 5) is 5.49. The van der Waals surface area contributed by atoms with E-state index in [0.29, 0.717) is 13.1 Å². The lowest BCUT2D eigenvalue weighted by Gasteiger charge is -2.24. The first-order valence-electron chi connectivity index (χ1n) is 4.89. The fraction of sp³-hybridized carbons (Fsp3) is 0.750. The summed E-state index contributed by atoms with van der Waals surface area (Å²) in [6, 6.07) is 0.167. The Morgan fingerprint density at radius 1 is 1.31 bits per heavy atom. The molecule has 5 nitrogen and oxygen atoms in total. The van der Waals surface area contributed by atoms with Crippen LogP contribution in [0.3, 0.4) is 0 Å². The van der Waals surface area contributed by atoms with Crippen LogP contribution >= 0.6 is 0 Å². The van der Waals surface area contributed by atoms with Crippen LogP contribution in [-0.2, 0) is 6.42 Å². The van der Waals surface area contributed by atoms with Crippen molar-refractivity contribution in [2.45, 2.75) is 12.6 Å². The molecule has 1 fully saturated rings. The Morgan fingerprint density at radius 2 is 2.00 bits per heavy atom. The van der Waals surface area contributed by atoms with Gasteiger partial charge in [0.15, 0.2) is 5.82 Å². The van der Waals surface area contributed by atoms with Crippen LogP contribution in [0.5, 0.6) is 0 Å². The van der Waals surface area contributed by atoms with Crippen molar-refractivity contribution >= 4 is 6.01 Å². The molecule has 1 aromatic rings. The Hall–Kier alpha value is -1.31. The second-order valence-corrected chi connectivity index (χ2v) is 3.52. The van der Waals surface area contributed by atoms with Gasteiger partial charge in [-0.05, 0) is 0 Å². The molecule has 0 amide bonds. The molecule has 90 valence electrons. The number of hydrogen-bond acceptors (Lipinski definition) is 5. The molecule has 0 aromatic carbocycles. The Kier molecular flexibility index (Phi) is 2.99. The molecular weight excluding hydrogens is 225 g/mol. The van der Waals surface area contributed by atoms with Crippen molar-refractivity contribution < 1.29 is 17.7 Å². The maximum absolute atomic E-state index is 12.0. The van der Waals surface area contributed by atoms with E-state index in [2.05, 4.69) is 15.5 Å². The quantitative estimate of drug-likeness (QED) is 0.814. The van der Waals surface area contributed by atoms with E-state index in [1.54, 1.807) is 4.90 Å². The van der Waals surface area contributed by atoms with Crippen LogP contribution < -0.4 is 10.2 Å². The molecule has 1 aliphatic rings. The largest absolute Gasteiger partial charge is 0.396 e. The minimum atomic E-state index is -4.30. The SMILES string of the molecule is FC(F)(F)Cc1noc(N2CCNCC2)n1. The van der Waals surface area contributed by atoms with E-state index in [4.69, 9.17) is 4.52 Å². The fourth-order valence-corrected chi connectivity index (χ4v) is 1.48. The minimum absolute atomic E-state index is 0.167. The fourth-order valence-electron chi connectivity index (χ4n) is 1.48. The van der Waals surface area contributed by atoms with Gasteiger partial charge in [-0.2, -0.15) is 18.2 Å². The summed E-state index contributed by atoms with van der Waals surface area (Å²) in [6.07, 6.45) is -5.45. The van der Waals surface area contributed by atoms with Crippen LogP contribution in [0.25, 0.3) is 0 Å². The number of alkyl halides is 3. The molecule has 0 bridgehead atoms. The second kappa shape index (κ2) is 4.28. The van der Waals surface area contributed by atoms with E-state index in [0.717, 1.165) is 13.1 Å². The summed E-state index contributed by atoms with van der Waals surface area (Å²) >= 11 is 0. The Bertz CT molecular complexity index is 345. The van der Waals surface area contributed by atoms with Gasteiger partial charge in [-0.15, -0.1) is 0 Å². The van der Waals surface area contributed by atoms with Crippen molar-refractivity contribution in [2.75, 3.05) is 31.1 Å². The lowest BCUT2D eigenvalue weighted by molar-refractivity contribution is -0.128. The van der Waals surface area contributed by atoms with Gasteiger partial charge in [-0.25, -0.2) is 0 Å². The smallest absolute Gasteiger partial charge is 0.322 e. The molecule has 1 saturated heterocycles. The molecule has 2 heterocycles. The number of halogens is 3. The maximum atomic E-state index is 12.0. The molecule has 8 heteroatoms. The zero-order valence-corrected chi connectivity index (χ0v) is 8.42. The Balaban J connectivity index is 2.01. The third kappa shape index (κ3) is 2.84. The molecule has 1 aromatic heterocycles. The van der Waals surface area contributed by atoms with Gasteiger partial charge in [-0.1, -0.05) is 5.16 Å². The summed E-state index contributed by atoms with van der Waals surface area (Å²) in [5.41, 5.74) is 0. The predicted molar refractivity (Wildman–Crippen MR) is 49.1 cm³/mol. The van der Waals surface area contributed by atoms with E-state index >= 15 is 0 Å². The molecule has 1 aliphatic heterocycles. The van der Waals surface area contributed by atoms with Crippen LogP contribution in [0.2, 0.25) is 0 Å². The number of rotatable bonds is 2. The summed E-state index contributed by atoms with van der Waals surface area (Å²) in [5.74, 6) is -0.318. The summed E-state index contributed by atoms with van der Waals surface area (Å²) < 4.78 is 40.9. The second-order valence-electron chi connectivity index (χ2n) is 3.52. The normalized spacial score (nSPS) is 17.8. The summed E-state index contributed by atoms with van der Waals surface area (Å²) in [6.45, 7) is 2.84. The average Bonchev–Trinajstić information content (AvgIpc) is 2.65. The third-order valence-corrected chi connectivity index (χ3v) is 2.20. The third-order valence-electron chi connectivity index (χ3n) is 2.20. The molecule has 0 saturated carbocycles. The first kappa shape index (κ1) is 11.2. The minimum Gasteiger partial charge on any atom is -0.322 e. The number of aromatic nitrogens is 2. The maximum Gasteiger partial charge on any atom is 0.396 e. The van der Waals surface area contributed by atoms with Gasteiger partial charge < -0.3 is 14.7 Å². The summed E-state index contributed by atoms with van der Waals surface area (Å²) in [5, 5.41) is 6.43. The van der Waals surface area contributed by atoms with E-state index in [1.807, 2.05) is 0 Å². The molecule has 0 spiro atoms. The highest BCUT2D eigenvalue weighted by Gasteiger charge is 2.31. The van der Waals surface area contributed by atoms with Crippen molar-refractivity contribution in [2.24, 2.45) is 0 Å². The number of piperazine rings is 1. The van der Waals surface area contributed by atoms with Crippen LogP contribution in [0.1, 0.15) is 5.82 Å². The van der Waals surface area contributed by atoms with Crippen molar-refractivity contribution in [1.82, 2.24) is 15.5 Å². The van der Waals surface area contributed by atoms with Gasteiger partial charge in [0.2, 0.25) is 0 Å². The van der Waals surface area contributed by atoms with Gasteiger partial charge in [-0.3, -0.25) is 0 Å². The molecular formula is C8H11F3N4O. The van der Waals surface area contributed by atoms with Crippen LogP contribution in [0.15, 0.2) is 4.52 Å². The van der Waals surface area contributed by atoms with Crippen LogP contribution in [0.4, 0.5) is 19.2 Å². The molecule has 2 rings (SSSR count). The van der Waals surface area contributed by atoms with E-state index in [-0.39, 0.29) is 11.8 Å². The summed E-state index contributed by atoms with van der Waals surface area (Å²) in [7, 11) is 0. The van der Waals surface area contributed by atoms with Gasteiger partial charge in [0.1, 0.15) is 6.42 Å². The predicted octanol–water partition coefficient (Wildman–Crippen LogP) is 0.584. The zero-order valence-electron chi connectivity index (χ0n) is 8.42. The van der Waals surface area contributed by atoms with Gasteiger partial charge in [0, 0.05) is 26.2 Å². The Morgan fingerprint density at radius 3 is 2.62 bits per heavy atom. The highest BCUT2D eigenvalue weighted by molar-refractivity contribution is 5.25. The number of nitrogens with one attached hydrogen (secondary N) is 1. The average molecular weight is 236 g/mol. The molecule has 0 radical (unpaired) electrons.